The van der Waals surface area contributed by atoms with E-state index in [1.165, 1.54) is 0 Å². The van der Waals surface area contributed by atoms with E-state index in [1.807, 2.05) is 0 Å². The maximum Gasteiger partial charge on any atom is 0.490 e. The second-order valence-electron chi connectivity index (χ2n) is 6.95. The molecule has 2 aliphatic heterocycles. The number of aryl methyl sites for hydroxylation is 1. The van der Waals surface area contributed by atoms with Crippen LogP contribution in [0.1, 0.15) is 22.3 Å². The Morgan fingerprint density at radius 2 is 1.87 bits per heavy atom. The zero-order valence-electron chi connectivity index (χ0n) is 16.0. The van der Waals surface area contributed by atoms with Gasteiger partial charge in [-0.15, -0.1) is 0 Å². The van der Waals surface area contributed by atoms with Gasteiger partial charge >= 0.3 is 12.1 Å². The number of benzene rings is 1. The minimum Gasteiger partial charge on any atom is -0.475 e. The molecule has 0 bridgehead atoms. The van der Waals surface area contributed by atoms with Crippen molar-refractivity contribution in [3.63, 3.8) is 0 Å². The van der Waals surface area contributed by atoms with Gasteiger partial charge in [-0.05, 0) is 30.7 Å². The van der Waals surface area contributed by atoms with Crippen LogP contribution in [0, 0.1) is 12.8 Å². The number of carbonyl (C=O) groups excluding carboxylic acids is 3. The van der Waals surface area contributed by atoms with Crippen molar-refractivity contribution in [2.24, 2.45) is 11.7 Å². The maximum absolute atomic E-state index is 12.4. The monoisotopic (exact) mass is 430 g/mol. The quantitative estimate of drug-likeness (QED) is 0.548. The summed E-state index contributed by atoms with van der Waals surface area (Å²) in [5.74, 6) is -3.72. The average Bonchev–Trinajstić information content (AvgIpc) is 2.96. The molecular weight excluding hydrogens is 409 g/mol. The second-order valence-corrected chi connectivity index (χ2v) is 6.95. The van der Waals surface area contributed by atoms with Gasteiger partial charge in [-0.3, -0.25) is 14.4 Å². The number of carboxylic acids is 1. The summed E-state index contributed by atoms with van der Waals surface area (Å²) in [6.45, 7) is 3.87. The van der Waals surface area contributed by atoms with Crippen LogP contribution in [-0.4, -0.2) is 65.5 Å². The Morgan fingerprint density at radius 3 is 2.30 bits per heavy atom. The number of nitrogens with two attached hydrogens (primary N) is 1. The normalized spacial score (nSPS) is 18.9. The number of rotatable bonds is 4. The third-order valence-corrected chi connectivity index (χ3v) is 4.74. The van der Waals surface area contributed by atoms with Crippen molar-refractivity contribution in [2.75, 3.05) is 25.0 Å². The number of aliphatic carboxylic acids is 1. The van der Waals surface area contributed by atoms with E-state index in [9.17, 15) is 27.6 Å². The molecule has 12 heteroatoms. The van der Waals surface area contributed by atoms with Crippen molar-refractivity contribution in [3.05, 3.63) is 29.3 Å². The van der Waals surface area contributed by atoms with E-state index in [1.54, 1.807) is 30.0 Å². The number of hydrogen-bond donors (Lipinski definition) is 4. The minimum absolute atomic E-state index is 0.0393. The number of amides is 3. The van der Waals surface area contributed by atoms with Crippen molar-refractivity contribution >= 4 is 29.4 Å². The summed E-state index contributed by atoms with van der Waals surface area (Å²) >= 11 is 0. The molecule has 2 aliphatic rings. The highest BCUT2D eigenvalue weighted by Crippen LogP contribution is 2.24. The number of alkyl halides is 3. The Hall–Kier alpha value is -3.15. The lowest BCUT2D eigenvalue weighted by Gasteiger charge is -2.35. The fraction of sp³-hybridized carbons (Fsp3) is 0.444. The molecule has 9 nitrogen and oxygen atoms in total. The number of primary amides is 1. The lowest BCUT2D eigenvalue weighted by molar-refractivity contribution is -0.192. The molecule has 3 rings (SSSR count). The SMILES string of the molecule is Cc1cc(C(N)=O)ccc1NC(=O)C1CC(=O)N(C2CNC2)C1.O=C(O)C(F)(F)F. The number of anilines is 1. The highest BCUT2D eigenvalue weighted by molar-refractivity contribution is 5.99. The van der Waals surface area contributed by atoms with E-state index in [-0.39, 0.29) is 30.2 Å². The number of halogens is 3. The minimum atomic E-state index is -5.08. The van der Waals surface area contributed by atoms with Gasteiger partial charge in [0.1, 0.15) is 0 Å². The summed E-state index contributed by atoms with van der Waals surface area (Å²) in [5, 5.41) is 13.1. The van der Waals surface area contributed by atoms with Crippen molar-refractivity contribution in [2.45, 2.75) is 25.6 Å². The standard InChI is InChI=1S/C16H20N4O3.C2HF3O2/c1-9-4-10(15(17)22)2-3-13(9)19-16(23)11-5-14(21)20(8-11)12-6-18-7-12;3-2(4,5)1(6)7/h2-4,11-12,18H,5-8H2,1H3,(H2,17,22)(H,19,23);(H,6,7). The van der Waals surface area contributed by atoms with Gasteiger partial charge in [0, 0.05) is 37.3 Å². The molecule has 0 aromatic heterocycles. The topological polar surface area (TPSA) is 142 Å². The number of carboxylic acid groups (broad SMARTS) is 1. The van der Waals surface area contributed by atoms with Gasteiger partial charge in [0.25, 0.3) is 0 Å². The largest absolute Gasteiger partial charge is 0.490 e. The summed E-state index contributed by atoms with van der Waals surface area (Å²) in [5.41, 5.74) is 7.04. The van der Waals surface area contributed by atoms with Gasteiger partial charge < -0.3 is 26.4 Å². The van der Waals surface area contributed by atoms with E-state index in [2.05, 4.69) is 10.6 Å². The first-order chi connectivity index (χ1) is 13.9. The summed E-state index contributed by atoms with van der Waals surface area (Å²) in [6, 6.07) is 5.11. The van der Waals surface area contributed by atoms with Gasteiger partial charge in [-0.2, -0.15) is 13.2 Å². The third kappa shape index (κ3) is 5.69. The molecule has 164 valence electrons. The molecule has 30 heavy (non-hydrogen) atoms. The molecule has 1 atom stereocenters. The van der Waals surface area contributed by atoms with E-state index in [0.29, 0.717) is 17.8 Å². The van der Waals surface area contributed by atoms with Crippen LogP contribution >= 0.6 is 0 Å². The number of likely N-dealkylation sites (tertiary alicyclic amines) is 1. The van der Waals surface area contributed by atoms with E-state index >= 15 is 0 Å². The molecule has 5 N–H and O–H groups in total. The second kappa shape index (κ2) is 9.11. The zero-order valence-corrected chi connectivity index (χ0v) is 16.0. The number of nitrogens with zero attached hydrogens (tertiary/aromatic N) is 1. The lowest BCUT2D eigenvalue weighted by Crippen LogP contribution is -2.57. The van der Waals surface area contributed by atoms with E-state index in [0.717, 1.165) is 18.7 Å². The molecule has 1 aromatic carbocycles. The molecule has 2 fully saturated rings. The predicted octanol–water partition coefficient (Wildman–Crippen LogP) is 0.486. The smallest absolute Gasteiger partial charge is 0.475 e. The Morgan fingerprint density at radius 1 is 1.27 bits per heavy atom. The summed E-state index contributed by atoms with van der Waals surface area (Å²) in [7, 11) is 0. The van der Waals surface area contributed by atoms with Gasteiger partial charge in [0.05, 0.1) is 12.0 Å². The molecule has 0 aliphatic carbocycles. The Labute approximate surface area is 169 Å². The van der Waals surface area contributed by atoms with Crippen LogP contribution in [0.4, 0.5) is 18.9 Å². The van der Waals surface area contributed by atoms with Gasteiger partial charge in [0.2, 0.25) is 17.7 Å². The lowest BCUT2D eigenvalue weighted by atomic mass is 10.1. The highest BCUT2D eigenvalue weighted by Gasteiger charge is 2.40. The van der Waals surface area contributed by atoms with Crippen molar-refractivity contribution in [3.8, 4) is 0 Å². The first-order valence-electron chi connectivity index (χ1n) is 8.91. The molecule has 2 heterocycles. The van der Waals surface area contributed by atoms with Gasteiger partial charge in [-0.1, -0.05) is 0 Å². The van der Waals surface area contributed by atoms with Crippen LogP contribution in [0.25, 0.3) is 0 Å². The maximum atomic E-state index is 12.4. The first kappa shape index (κ1) is 23.1. The van der Waals surface area contributed by atoms with Crippen molar-refractivity contribution in [1.82, 2.24) is 10.2 Å². The molecule has 2 saturated heterocycles. The van der Waals surface area contributed by atoms with E-state index < -0.39 is 18.1 Å². The Kier molecular flexibility index (Phi) is 7.03. The Bertz CT molecular complexity index is 855. The third-order valence-electron chi connectivity index (χ3n) is 4.74. The molecule has 0 radical (unpaired) electrons. The van der Waals surface area contributed by atoms with Crippen LogP contribution in [0.2, 0.25) is 0 Å². The number of carbonyl (C=O) groups is 4. The fourth-order valence-corrected chi connectivity index (χ4v) is 2.95. The fourth-order valence-electron chi connectivity index (χ4n) is 2.95. The van der Waals surface area contributed by atoms with Crippen LogP contribution in [0.3, 0.4) is 0 Å². The summed E-state index contributed by atoms with van der Waals surface area (Å²) in [4.78, 5) is 46.3. The zero-order chi connectivity index (χ0) is 22.6. The highest BCUT2D eigenvalue weighted by atomic mass is 19.4. The summed E-state index contributed by atoms with van der Waals surface area (Å²) < 4.78 is 31.7. The molecule has 0 spiro atoms. The number of hydrogen-bond acceptors (Lipinski definition) is 5. The first-order valence-corrected chi connectivity index (χ1v) is 8.91. The molecular formula is C18H21F3N4O5. The predicted molar refractivity (Wildman–Crippen MR) is 98.5 cm³/mol. The van der Waals surface area contributed by atoms with Gasteiger partial charge in [-0.25, -0.2) is 4.79 Å². The average molecular weight is 430 g/mol. The molecule has 1 unspecified atom stereocenters. The van der Waals surface area contributed by atoms with Crippen LogP contribution in [-0.2, 0) is 14.4 Å². The Balaban J connectivity index is 0.000000396. The number of nitrogens with one attached hydrogen (secondary N) is 2. The molecule has 1 aromatic rings. The van der Waals surface area contributed by atoms with Crippen LogP contribution in [0.5, 0.6) is 0 Å². The van der Waals surface area contributed by atoms with Crippen molar-refractivity contribution in [1.29, 1.82) is 0 Å². The van der Waals surface area contributed by atoms with Crippen LogP contribution in [0.15, 0.2) is 18.2 Å². The van der Waals surface area contributed by atoms with Crippen LogP contribution < -0.4 is 16.4 Å². The molecule has 0 saturated carbocycles. The summed E-state index contributed by atoms with van der Waals surface area (Å²) in [6.07, 6.45) is -4.83. The molecule has 3 amide bonds. The van der Waals surface area contributed by atoms with Gasteiger partial charge in [0.15, 0.2) is 0 Å². The van der Waals surface area contributed by atoms with Crippen molar-refractivity contribution < 1.29 is 37.5 Å². The van der Waals surface area contributed by atoms with E-state index in [4.69, 9.17) is 15.6 Å².